The number of aryl methyl sites for hydroxylation is 1. The van der Waals surface area contributed by atoms with Crippen molar-refractivity contribution in [1.82, 2.24) is 9.97 Å². The van der Waals surface area contributed by atoms with Gasteiger partial charge < -0.3 is 15.5 Å². The van der Waals surface area contributed by atoms with Gasteiger partial charge in [0.1, 0.15) is 17.5 Å². The van der Waals surface area contributed by atoms with Crippen LogP contribution in [-0.4, -0.2) is 29.0 Å². The average molecular weight is 339 g/mol. The van der Waals surface area contributed by atoms with Crippen molar-refractivity contribution < 1.29 is 4.79 Å². The second-order valence-electron chi connectivity index (χ2n) is 6.35. The zero-order valence-electron chi connectivity index (χ0n) is 14.9. The molecule has 1 aliphatic rings. The van der Waals surface area contributed by atoms with Crippen LogP contribution >= 0.6 is 0 Å². The van der Waals surface area contributed by atoms with Crippen LogP contribution in [0, 0.1) is 6.92 Å². The second-order valence-corrected chi connectivity index (χ2v) is 6.35. The van der Waals surface area contributed by atoms with E-state index in [1.165, 1.54) is 12.8 Å². The van der Waals surface area contributed by atoms with E-state index in [4.69, 9.17) is 0 Å². The van der Waals surface area contributed by atoms with Crippen molar-refractivity contribution in [3.8, 4) is 0 Å². The number of nitrogens with zero attached hydrogens (tertiary/aromatic N) is 3. The van der Waals surface area contributed by atoms with Gasteiger partial charge in [-0.05, 0) is 50.5 Å². The first kappa shape index (κ1) is 17.2. The largest absolute Gasteiger partial charge is 0.356 e. The van der Waals surface area contributed by atoms with Crippen molar-refractivity contribution in [2.24, 2.45) is 0 Å². The van der Waals surface area contributed by atoms with Crippen LogP contribution in [0.5, 0.6) is 0 Å². The predicted molar refractivity (Wildman–Crippen MR) is 101 cm³/mol. The normalized spacial score (nSPS) is 13.8. The Balaban J connectivity index is 1.68. The SMILES string of the molecule is CCCC(=O)Nc1ccc(Nc2cc(N3CCCC3)nc(C)n2)cc1. The highest BCUT2D eigenvalue weighted by molar-refractivity contribution is 5.90. The summed E-state index contributed by atoms with van der Waals surface area (Å²) < 4.78 is 0. The number of rotatable bonds is 6. The molecule has 0 radical (unpaired) electrons. The molecule has 1 fully saturated rings. The first-order chi connectivity index (χ1) is 12.1. The minimum Gasteiger partial charge on any atom is -0.356 e. The van der Waals surface area contributed by atoms with Crippen LogP contribution in [0.15, 0.2) is 30.3 Å². The summed E-state index contributed by atoms with van der Waals surface area (Å²) in [6.45, 7) is 6.02. The Labute approximate surface area is 148 Å². The lowest BCUT2D eigenvalue weighted by molar-refractivity contribution is -0.116. The summed E-state index contributed by atoms with van der Waals surface area (Å²) in [5, 5.41) is 6.21. The van der Waals surface area contributed by atoms with Gasteiger partial charge in [0.05, 0.1) is 0 Å². The molecule has 2 heterocycles. The molecule has 0 bridgehead atoms. The van der Waals surface area contributed by atoms with E-state index in [2.05, 4.69) is 25.5 Å². The lowest BCUT2D eigenvalue weighted by Gasteiger charge is -2.18. The minimum atomic E-state index is 0.0462. The van der Waals surface area contributed by atoms with E-state index in [9.17, 15) is 4.79 Å². The fraction of sp³-hybridized carbons (Fsp3) is 0.421. The number of nitrogens with one attached hydrogen (secondary N) is 2. The number of benzene rings is 1. The summed E-state index contributed by atoms with van der Waals surface area (Å²) in [5.74, 6) is 2.58. The zero-order valence-corrected chi connectivity index (χ0v) is 14.9. The van der Waals surface area contributed by atoms with Gasteiger partial charge in [-0.2, -0.15) is 0 Å². The van der Waals surface area contributed by atoms with Crippen molar-refractivity contribution in [2.75, 3.05) is 28.6 Å². The molecule has 3 rings (SSSR count). The van der Waals surface area contributed by atoms with E-state index < -0.39 is 0 Å². The number of carbonyl (C=O) groups is 1. The summed E-state index contributed by atoms with van der Waals surface area (Å²) in [6, 6.07) is 9.66. The van der Waals surface area contributed by atoms with Gasteiger partial charge in [0.15, 0.2) is 0 Å². The van der Waals surface area contributed by atoms with Crippen molar-refractivity contribution >= 4 is 28.9 Å². The number of hydrogen-bond acceptors (Lipinski definition) is 5. The van der Waals surface area contributed by atoms with E-state index in [0.717, 1.165) is 48.3 Å². The molecule has 0 atom stereocenters. The molecule has 132 valence electrons. The lowest BCUT2D eigenvalue weighted by atomic mass is 10.2. The molecule has 0 spiro atoms. The van der Waals surface area contributed by atoms with Gasteiger partial charge in [-0.15, -0.1) is 0 Å². The Kier molecular flexibility index (Phi) is 5.48. The molecule has 0 aliphatic carbocycles. The Morgan fingerprint density at radius 1 is 1.12 bits per heavy atom. The number of hydrogen-bond donors (Lipinski definition) is 2. The van der Waals surface area contributed by atoms with Gasteiger partial charge in [0, 0.05) is 37.0 Å². The molecule has 0 saturated carbocycles. The van der Waals surface area contributed by atoms with Gasteiger partial charge >= 0.3 is 0 Å². The van der Waals surface area contributed by atoms with E-state index in [1.54, 1.807) is 0 Å². The van der Waals surface area contributed by atoms with Crippen LogP contribution in [0.1, 0.15) is 38.4 Å². The summed E-state index contributed by atoms with van der Waals surface area (Å²) >= 11 is 0. The van der Waals surface area contributed by atoms with Crippen LogP contribution in [-0.2, 0) is 4.79 Å². The quantitative estimate of drug-likeness (QED) is 0.836. The highest BCUT2D eigenvalue weighted by atomic mass is 16.1. The molecule has 2 aromatic rings. The summed E-state index contributed by atoms with van der Waals surface area (Å²) in [6.07, 6.45) is 3.82. The van der Waals surface area contributed by atoms with Gasteiger partial charge in [-0.3, -0.25) is 4.79 Å². The first-order valence-electron chi connectivity index (χ1n) is 8.91. The predicted octanol–water partition coefficient (Wildman–Crippen LogP) is 3.87. The Hall–Kier alpha value is -2.63. The number of amides is 1. The van der Waals surface area contributed by atoms with E-state index in [0.29, 0.717) is 6.42 Å². The van der Waals surface area contributed by atoms with Gasteiger partial charge in [0.2, 0.25) is 5.91 Å². The molecule has 25 heavy (non-hydrogen) atoms. The minimum absolute atomic E-state index is 0.0462. The van der Waals surface area contributed by atoms with Crippen LogP contribution in [0.3, 0.4) is 0 Å². The first-order valence-corrected chi connectivity index (χ1v) is 8.91. The van der Waals surface area contributed by atoms with Crippen LogP contribution < -0.4 is 15.5 Å². The van der Waals surface area contributed by atoms with Crippen LogP contribution in [0.25, 0.3) is 0 Å². The molecule has 1 aliphatic heterocycles. The molecular formula is C19H25N5O. The second kappa shape index (κ2) is 7.96. The average Bonchev–Trinajstić information content (AvgIpc) is 3.11. The molecule has 0 unspecified atom stereocenters. The molecule has 1 aromatic heterocycles. The maximum atomic E-state index is 11.6. The maximum absolute atomic E-state index is 11.6. The van der Waals surface area contributed by atoms with Crippen LogP contribution in [0.4, 0.5) is 23.0 Å². The highest BCUT2D eigenvalue weighted by Gasteiger charge is 2.15. The Bertz CT molecular complexity index is 723. The Morgan fingerprint density at radius 3 is 2.48 bits per heavy atom. The molecule has 6 nitrogen and oxygen atoms in total. The van der Waals surface area contributed by atoms with Gasteiger partial charge in [-0.25, -0.2) is 9.97 Å². The zero-order chi connectivity index (χ0) is 17.6. The molecule has 6 heteroatoms. The fourth-order valence-electron chi connectivity index (χ4n) is 2.96. The molecule has 1 amide bonds. The maximum Gasteiger partial charge on any atom is 0.224 e. The van der Waals surface area contributed by atoms with Crippen molar-refractivity contribution in [3.05, 3.63) is 36.2 Å². The third kappa shape index (κ3) is 4.68. The van der Waals surface area contributed by atoms with Crippen molar-refractivity contribution in [2.45, 2.75) is 39.5 Å². The molecule has 2 N–H and O–H groups in total. The van der Waals surface area contributed by atoms with E-state index in [1.807, 2.05) is 44.2 Å². The standard InChI is InChI=1S/C19H25N5O/c1-3-6-19(25)23-16-9-7-15(8-10-16)22-17-13-18(21-14(2)20-17)24-11-4-5-12-24/h7-10,13H,3-6,11-12H2,1-2H3,(H,23,25)(H,20,21,22). The summed E-state index contributed by atoms with van der Waals surface area (Å²) in [7, 11) is 0. The Morgan fingerprint density at radius 2 is 1.80 bits per heavy atom. The summed E-state index contributed by atoms with van der Waals surface area (Å²) in [5.41, 5.74) is 1.74. The molecular weight excluding hydrogens is 314 g/mol. The number of carbonyl (C=O) groups excluding carboxylic acids is 1. The van der Waals surface area contributed by atoms with E-state index in [-0.39, 0.29) is 5.91 Å². The topological polar surface area (TPSA) is 70.2 Å². The van der Waals surface area contributed by atoms with Gasteiger partial charge in [0.25, 0.3) is 0 Å². The van der Waals surface area contributed by atoms with Crippen molar-refractivity contribution in [3.63, 3.8) is 0 Å². The third-order valence-electron chi connectivity index (χ3n) is 4.17. The number of anilines is 4. The van der Waals surface area contributed by atoms with E-state index >= 15 is 0 Å². The van der Waals surface area contributed by atoms with Crippen molar-refractivity contribution in [1.29, 1.82) is 0 Å². The smallest absolute Gasteiger partial charge is 0.224 e. The fourth-order valence-corrected chi connectivity index (χ4v) is 2.96. The molecule has 1 saturated heterocycles. The third-order valence-corrected chi connectivity index (χ3v) is 4.17. The number of aromatic nitrogens is 2. The monoisotopic (exact) mass is 339 g/mol. The molecule has 1 aromatic carbocycles. The van der Waals surface area contributed by atoms with Gasteiger partial charge in [-0.1, -0.05) is 6.92 Å². The highest BCUT2D eigenvalue weighted by Crippen LogP contribution is 2.23. The summed E-state index contributed by atoms with van der Waals surface area (Å²) in [4.78, 5) is 23.0. The lowest BCUT2D eigenvalue weighted by Crippen LogP contribution is -2.19. The van der Waals surface area contributed by atoms with Crippen LogP contribution in [0.2, 0.25) is 0 Å².